The maximum Gasteiger partial charge on any atom is 0.252 e. The molecule has 1 aliphatic heterocycles. The molecule has 0 bridgehead atoms. The van der Waals surface area contributed by atoms with E-state index in [4.69, 9.17) is 10.5 Å². The number of likely N-dealkylation sites (N-methyl/N-ethyl adjacent to an activating group) is 1. The predicted molar refractivity (Wildman–Crippen MR) is 72.3 cm³/mol. The van der Waals surface area contributed by atoms with Gasteiger partial charge >= 0.3 is 0 Å². The van der Waals surface area contributed by atoms with Gasteiger partial charge in [-0.1, -0.05) is 0 Å². The predicted octanol–water partition coefficient (Wildman–Crippen LogP) is 0.936. The van der Waals surface area contributed by atoms with Crippen molar-refractivity contribution < 1.29 is 9.53 Å². The number of nitrogens with zero attached hydrogens (tertiary/aromatic N) is 2. The van der Waals surface area contributed by atoms with Crippen LogP contribution in [0.4, 0.5) is 0 Å². The zero-order valence-electron chi connectivity index (χ0n) is 11.3. The Kier molecular flexibility index (Phi) is 4.87. The standard InChI is InChI=1S/C14H21N3O2/c1-2-17(10-11-5-7-16-8-6-11)14(18)13-4-3-12(9-15)19-13/h5-8,12-13H,2-4,9-10,15H2,1H3. The minimum absolute atomic E-state index is 0.0357. The van der Waals surface area contributed by atoms with Crippen LogP contribution >= 0.6 is 0 Å². The lowest BCUT2D eigenvalue weighted by molar-refractivity contribution is -0.143. The third-order valence-corrected chi connectivity index (χ3v) is 3.46. The molecule has 0 aliphatic carbocycles. The Bertz CT molecular complexity index is 410. The number of hydrogen-bond acceptors (Lipinski definition) is 4. The van der Waals surface area contributed by atoms with Crippen molar-refractivity contribution in [2.24, 2.45) is 5.73 Å². The van der Waals surface area contributed by atoms with Crippen molar-refractivity contribution >= 4 is 5.91 Å². The lowest BCUT2D eigenvalue weighted by Crippen LogP contribution is -2.39. The highest BCUT2D eigenvalue weighted by atomic mass is 16.5. The molecule has 1 aromatic rings. The van der Waals surface area contributed by atoms with Gasteiger partial charge in [-0.05, 0) is 37.5 Å². The Hall–Kier alpha value is -1.46. The van der Waals surface area contributed by atoms with Gasteiger partial charge in [0.15, 0.2) is 0 Å². The van der Waals surface area contributed by atoms with Crippen LogP contribution in [0.3, 0.4) is 0 Å². The topological polar surface area (TPSA) is 68.5 Å². The van der Waals surface area contributed by atoms with Crippen molar-refractivity contribution in [1.82, 2.24) is 9.88 Å². The summed E-state index contributed by atoms with van der Waals surface area (Å²) in [5.74, 6) is 0.0651. The van der Waals surface area contributed by atoms with Crippen LogP contribution in [0.5, 0.6) is 0 Å². The van der Waals surface area contributed by atoms with Gasteiger partial charge in [0.1, 0.15) is 6.10 Å². The number of rotatable bonds is 5. The van der Waals surface area contributed by atoms with Gasteiger partial charge < -0.3 is 15.4 Å². The van der Waals surface area contributed by atoms with Gasteiger partial charge in [0.25, 0.3) is 5.91 Å². The molecule has 104 valence electrons. The van der Waals surface area contributed by atoms with Gasteiger partial charge in [-0.25, -0.2) is 0 Å². The summed E-state index contributed by atoms with van der Waals surface area (Å²) in [4.78, 5) is 18.2. The zero-order valence-corrected chi connectivity index (χ0v) is 11.3. The summed E-state index contributed by atoms with van der Waals surface area (Å²) in [6, 6.07) is 3.85. The molecule has 1 amide bonds. The normalized spacial score (nSPS) is 22.4. The zero-order chi connectivity index (χ0) is 13.7. The maximum atomic E-state index is 12.4. The van der Waals surface area contributed by atoms with Gasteiger partial charge in [0, 0.05) is 32.0 Å². The van der Waals surface area contributed by atoms with Crippen LogP contribution in [0, 0.1) is 0 Å². The second-order valence-electron chi connectivity index (χ2n) is 4.77. The van der Waals surface area contributed by atoms with E-state index in [1.165, 1.54) is 0 Å². The van der Waals surface area contributed by atoms with Gasteiger partial charge in [-0.15, -0.1) is 0 Å². The van der Waals surface area contributed by atoms with Crippen LogP contribution in [0.1, 0.15) is 25.3 Å². The maximum absolute atomic E-state index is 12.4. The van der Waals surface area contributed by atoms with E-state index in [0.29, 0.717) is 19.6 Å². The van der Waals surface area contributed by atoms with E-state index in [9.17, 15) is 4.79 Å². The smallest absolute Gasteiger partial charge is 0.252 e. The Morgan fingerprint density at radius 1 is 1.47 bits per heavy atom. The van der Waals surface area contributed by atoms with Crippen molar-refractivity contribution in [2.75, 3.05) is 13.1 Å². The van der Waals surface area contributed by atoms with E-state index in [1.54, 1.807) is 12.4 Å². The quantitative estimate of drug-likeness (QED) is 0.858. The largest absolute Gasteiger partial charge is 0.364 e. The van der Waals surface area contributed by atoms with E-state index in [2.05, 4.69) is 4.98 Å². The molecule has 5 nitrogen and oxygen atoms in total. The molecule has 1 saturated heterocycles. The summed E-state index contributed by atoms with van der Waals surface area (Å²) in [7, 11) is 0. The number of carbonyl (C=O) groups is 1. The Balaban J connectivity index is 1.96. The van der Waals surface area contributed by atoms with E-state index >= 15 is 0 Å². The van der Waals surface area contributed by atoms with Crippen LogP contribution in [0.25, 0.3) is 0 Å². The molecule has 0 spiro atoms. The second kappa shape index (κ2) is 6.63. The molecule has 5 heteroatoms. The molecular weight excluding hydrogens is 242 g/mol. The highest BCUT2D eigenvalue weighted by Gasteiger charge is 2.32. The number of amides is 1. The minimum Gasteiger partial charge on any atom is -0.364 e. The number of pyridine rings is 1. The summed E-state index contributed by atoms with van der Waals surface area (Å²) in [6.07, 6.45) is 4.84. The van der Waals surface area contributed by atoms with E-state index < -0.39 is 0 Å². The molecule has 2 atom stereocenters. The number of ether oxygens (including phenoxy) is 1. The van der Waals surface area contributed by atoms with Crippen LogP contribution in [-0.4, -0.2) is 41.1 Å². The summed E-state index contributed by atoms with van der Waals surface area (Å²) < 4.78 is 5.66. The highest BCUT2D eigenvalue weighted by molar-refractivity contribution is 5.81. The van der Waals surface area contributed by atoms with Gasteiger partial charge in [0.2, 0.25) is 0 Å². The molecule has 2 unspecified atom stereocenters. The van der Waals surface area contributed by atoms with Crippen LogP contribution in [0.15, 0.2) is 24.5 Å². The summed E-state index contributed by atoms with van der Waals surface area (Å²) in [5, 5.41) is 0. The average Bonchev–Trinajstić information content (AvgIpc) is 2.94. The molecule has 0 radical (unpaired) electrons. The highest BCUT2D eigenvalue weighted by Crippen LogP contribution is 2.21. The number of nitrogens with two attached hydrogens (primary N) is 1. The fraction of sp³-hybridized carbons (Fsp3) is 0.571. The number of hydrogen-bond donors (Lipinski definition) is 1. The van der Waals surface area contributed by atoms with Crippen LogP contribution in [-0.2, 0) is 16.1 Å². The van der Waals surface area contributed by atoms with E-state index in [-0.39, 0.29) is 18.1 Å². The molecule has 19 heavy (non-hydrogen) atoms. The van der Waals surface area contributed by atoms with E-state index in [1.807, 2.05) is 24.0 Å². The van der Waals surface area contributed by atoms with E-state index in [0.717, 1.165) is 18.4 Å². The van der Waals surface area contributed by atoms with Crippen molar-refractivity contribution in [3.63, 3.8) is 0 Å². The van der Waals surface area contributed by atoms with Crippen molar-refractivity contribution in [1.29, 1.82) is 0 Å². The summed E-state index contributed by atoms with van der Waals surface area (Å²) >= 11 is 0. The lowest BCUT2D eigenvalue weighted by Gasteiger charge is -2.24. The fourth-order valence-electron chi connectivity index (χ4n) is 2.32. The fourth-order valence-corrected chi connectivity index (χ4v) is 2.32. The minimum atomic E-state index is -0.324. The summed E-state index contributed by atoms with van der Waals surface area (Å²) in [5.41, 5.74) is 6.65. The molecular formula is C14H21N3O2. The third kappa shape index (κ3) is 3.52. The number of aromatic nitrogens is 1. The van der Waals surface area contributed by atoms with Crippen LogP contribution < -0.4 is 5.73 Å². The Labute approximate surface area is 113 Å². The molecule has 1 aromatic heterocycles. The first-order valence-corrected chi connectivity index (χ1v) is 6.77. The first kappa shape index (κ1) is 14.0. The third-order valence-electron chi connectivity index (χ3n) is 3.46. The molecule has 0 aromatic carbocycles. The van der Waals surface area contributed by atoms with Gasteiger partial charge in [-0.3, -0.25) is 9.78 Å². The van der Waals surface area contributed by atoms with Crippen molar-refractivity contribution in [3.8, 4) is 0 Å². The van der Waals surface area contributed by atoms with Gasteiger partial charge in [-0.2, -0.15) is 0 Å². The first-order valence-electron chi connectivity index (χ1n) is 6.77. The molecule has 1 aliphatic rings. The molecule has 1 fully saturated rings. The molecule has 2 heterocycles. The lowest BCUT2D eigenvalue weighted by atomic mass is 10.1. The molecule has 2 rings (SSSR count). The number of carbonyl (C=O) groups excluding carboxylic acids is 1. The van der Waals surface area contributed by atoms with Crippen molar-refractivity contribution in [2.45, 2.75) is 38.5 Å². The summed E-state index contributed by atoms with van der Waals surface area (Å²) in [6.45, 7) is 3.74. The SMILES string of the molecule is CCN(Cc1ccncc1)C(=O)C1CCC(CN)O1. The first-order chi connectivity index (χ1) is 9.24. The Morgan fingerprint density at radius 3 is 2.79 bits per heavy atom. The van der Waals surface area contributed by atoms with Crippen molar-refractivity contribution in [3.05, 3.63) is 30.1 Å². The van der Waals surface area contributed by atoms with Crippen LogP contribution in [0.2, 0.25) is 0 Å². The average molecular weight is 263 g/mol. The molecule has 2 N–H and O–H groups in total. The monoisotopic (exact) mass is 263 g/mol. The van der Waals surface area contributed by atoms with Gasteiger partial charge in [0.05, 0.1) is 6.10 Å². The molecule has 0 saturated carbocycles. The Morgan fingerprint density at radius 2 is 2.21 bits per heavy atom. The second-order valence-corrected chi connectivity index (χ2v) is 4.77.